The van der Waals surface area contributed by atoms with Gasteiger partial charge in [0.25, 0.3) is 5.91 Å². The molecule has 0 spiro atoms. The number of carbonyl (C=O) groups excluding carboxylic acids is 1. The van der Waals surface area contributed by atoms with Crippen molar-refractivity contribution in [3.8, 4) is 11.1 Å². The van der Waals surface area contributed by atoms with Crippen LogP contribution in [0.2, 0.25) is 0 Å². The summed E-state index contributed by atoms with van der Waals surface area (Å²) in [5, 5.41) is 2.84. The second-order valence-corrected chi connectivity index (χ2v) is 4.89. The van der Waals surface area contributed by atoms with Crippen LogP contribution in [-0.4, -0.2) is 18.5 Å². The third-order valence-electron chi connectivity index (χ3n) is 3.37. The number of carbonyl (C=O) groups is 1. The maximum Gasteiger partial charge on any atom is 0.293 e. The van der Waals surface area contributed by atoms with Crippen molar-refractivity contribution in [2.75, 3.05) is 5.32 Å². The summed E-state index contributed by atoms with van der Waals surface area (Å²) in [6.45, 7) is 7.18. The lowest BCUT2D eigenvalue weighted by Gasteiger charge is -2.12. The van der Waals surface area contributed by atoms with E-state index in [1.54, 1.807) is 6.08 Å². The molecule has 0 saturated carbocycles. The highest BCUT2D eigenvalue weighted by Crippen LogP contribution is 2.28. The van der Waals surface area contributed by atoms with Gasteiger partial charge in [0.1, 0.15) is 0 Å². The van der Waals surface area contributed by atoms with Gasteiger partial charge in [0.05, 0.1) is 0 Å². The molecule has 0 aliphatic rings. The zero-order valence-electron chi connectivity index (χ0n) is 13.3. The lowest BCUT2D eigenvalue weighted by Crippen LogP contribution is -2.21. The number of rotatable bonds is 3. The Kier molecular flexibility index (Phi) is 5.58. The Balaban J connectivity index is 2.31. The summed E-state index contributed by atoms with van der Waals surface area (Å²) >= 11 is 0. The van der Waals surface area contributed by atoms with Gasteiger partial charge in [0, 0.05) is 11.9 Å². The molecule has 0 heterocycles. The van der Waals surface area contributed by atoms with Gasteiger partial charge in [-0.3, -0.25) is 4.79 Å². The van der Waals surface area contributed by atoms with E-state index in [4.69, 9.17) is 0 Å². The molecular weight excluding hydrogens is 286 g/mol. The first-order chi connectivity index (χ1) is 11.2. The molecule has 2 rings (SSSR count). The van der Waals surface area contributed by atoms with Gasteiger partial charge in [0.15, 0.2) is 0 Å². The van der Waals surface area contributed by atoms with Gasteiger partial charge in [-0.15, -0.1) is 0 Å². The summed E-state index contributed by atoms with van der Waals surface area (Å²) in [6.07, 6.45) is 3.23. The fourth-order valence-corrected chi connectivity index (χ4v) is 2.20. The summed E-state index contributed by atoms with van der Waals surface area (Å²) < 4.78 is 0. The molecule has 4 nitrogen and oxygen atoms in total. The normalized spacial score (nSPS) is 11.5. The molecule has 0 bridgehead atoms. The highest BCUT2D eigenvalue weighted by Gasteiger charge is 2.12. The summed E-state index contributed by atoms with van der Waals surface area (Å²) in [5.74, 6) is -0.348. The number of anilines is 1. The van der Waals surface area contributed by atoms with Crippen LogP contribution < -0.4 is 5.32 Å². The molecular formula is C19H19N3O. The van der Waals surface area contributed by atoms with Gasteiger partial charge in [-0.2, -0.15) is 0 Å². The third kappa shape index (κ3) is 4.01. The molecule has 1 amide bonds. The van der Waals surface area contributed by atoms with Crippen LogP contribution in [0.15, 0.2) is 70.8 Å². The molecule has 0 aliphatic carbocycles. The van der Waals surface area contributed by atoms with E-state index in [1.165, 1.54) is 6.20 Å². The minimum Gasteiger partial charge on any atom is -0.319 e. The zero-order chi connectivity index (χ0) is 16.7. The first-order valence-corrected chi connectivity index (χ1v) is 7.29. The number of amides is 1. The van der Waals surface area contributed by atoms with E-state index in [-0.39, 0.29) is 11.7 Å². The highest BCUT2D eigenvalue weighted by atomic mass is 16.2. The second kappa shape index (κ2) is 7.84. The van der Waals surface area contributed by atoms with Crippen molar-refractivity contribution in [2.45, 2.75) is 13.8 Å². The molecule has 2 aromatic rings. The molecule has 23 heavy (non-hydrogen) atoms. The molecule has 0 saturated heterocycles. The van der Waals surface area contributed by atoms with Crippen molar-refractivity contribution in [3.05, 3.63) is 66.4 Å². The average molecular weight is 305 g/mol. The van der Waals surface area contributed by atoms with Crippen LogP contribution in [0.25, 0.3) is 11.1 Å². The Hall–Kier alpha value is -3.01. The monoisotopic (exact) mass is 305 g/mol. The van der Waals surface area contributed by atoms with E-state index >= 15 is 0 Å². The van der Waals surface area contributed by atoms with Gasteiger partial charge in [0.2, 0.25) is 5.84 Å². The first kappa shape index (κ1) is 16.4. The number of allylic oxidation sites excluding steroid dienone is 1. The SMILES string of the molecule is C=N/C(=N\C=C/C)C(=O)Nc1cccc(-c2ccccc2)c1C. The van der Waals surface area contributed by atoms with Crippen molar-refractivity contribution in [1.29, 1.82) is 0 Å². The minimum absolute atomic E-state index is 0.0348. The molecule has 0 fully saturated rings. The van der Waals surface area contributed by atoms with E-state index in [9.17, 15) is 4.79 Å². The maximum atomic E-state index is 12.2. The Morgan fingerprint density at radius 2 is 1.87 bits per heavy atom. The lowest BCUT2D eigenvalue weighted by atomic mass is 9.99. The Morgan fingerprint density at radius 1 is 1.13 bits per heavy atom. The van der Waals surface area contributed by atoms with Crippen molar-refractivity contribution in [1.82, 2.24) is 0 Å². The van der Waals surface area contributed by atoms with E-state index < -0.39 is 0 Å². The number of nitrogens with one attached hydrogen (secondary N) is 1. The van der Waals surface area contributed by atoms with Crippen molar-refractivity contribution >= 4 is 24.1 Å². The number of hydrogen-bond donors (Lipinski definition) is 1. The standard InChI is InChI=1S/C19H19N3O/c1-4-13-21-18(20-3)19(23)22-17-12-8-11-16(14(17)2)15-9-6-5-7-10-15/h4-13H,3H2,1-2H3,(H,22,23)/b13-4-,21-18-. The summed E-state index contributed by atoms with van der Waals surface area (Å²) in [4.78, 5) is 19.9. The zero-order valence-corrected chi connectivity index (χ0v) is 13.3. The third-order valence-corrected chi connectivity index (χ3v) is 3.37. The molecule has 4 heteroatoms. The predicted octanol–water partition coefficient (Wildman–Crippen LogP) is 4.23. The molecule has 116 valence electrons. The number of benzene rings is 2. The first-order valence-electron chi connectivity index (χ1n) is 7.29. The highest BCUT2D eigenvalue weighted by molar-refractivity contribution is 6.43. The molecule has 1 N–H and O–H groups in total. The Labute approximate surface area is 136 Å². The van der Waals surface area contributed by atoms with Gasteiger partial charge >= 0.3 is 0 Å². The van der Waals surface area contributed by atoms with Crippen LogP contribution in [0.3, 0.4) is 0 Å². The molecule has 0 radical (unpaired) electrons. The Morgan fingerprint density at radius 3 is 2.52 bits per heavy atom. The van der Waals surface area contributed by atoms with Crippen LogP contribution in [0.1, 0.15) is 12.5 Å². The van der Waals surface area contributed by atoms with Crippen LogP contribution >= 0.6 is 0 Å². The lowest BCUT2D eigenvalue weighted by molar-refractivity contribution is -0.110. The molecule has 2 aromatic carbocycles. The van der Waals surface area contributed by atoms with Crippen molar-refractivity contribution in [3.63, 3.8) is 0 Å². The number of hydrogen-bond acceptors (Lipinski definition) is 2. The van der Waals surface area contributed by atoms with Crippen molar-refractivity contribution < 1.29 is 4.79 Å². The smallest absolute Gasteiger partial charge is 0.293 e. The van der Waals surface area contributed by atoms with E-state index in [1.807, 2.05) is 62.4 Å². The van der Waals surface area contributed by atoms with Crippen molar-refractivity contribution in [2.24, 2.45) is 9.98 Å². The van der Waals surface area contributed by atoms with E-state index in [2.05, 4.69) is 22.0 Å². The summed E-state index contributed by atoms with van der Waals surface area (Å²) in [7, 11) is 0. The van der Waals surface area contributed by atoms with E-state index in [0.29, 0.717) is 0 Å². The van der Waals surface area contributed by atoms with Gasteiger partial charge in [-0.25, -0.2) is 9.98 Å². The number of amidine groups is 1. The Bertz CT molecular complexity index is 761. The van der Waals surface area contributed by atoms with Crippen LogP contribution in [0.4, 0.5) is 5.69 Å². The fourth-order valence-electron chi connectivity index (χ4n) is 2.20. The quantitative estimate of drug-likeness (QED) is 0.669. The number of aliphatic imine (C=N–C) groups is 2. The molecule has 0 aromatic heterocycles. The van der Waals surface area contributed by atoms with E-state index in [0.717, 1.165) is 22.4 Å². The van der Waals surface area contributed by atoms with Crippen LogP contribution in [0, 0.1) is 6.92 Å². The van der Waals surface area contributed by atoms with Crippen LogP contribution in [0.5, 0.6) is 0 Å². The largest absolute Gasteiger partial charge is 0.319 e. The maximum absolute atomic E-state index is 12.2. The topological polar surface area (TPSA) is 53.8 Å². The second-order valence-electron chi connectivity index (χ2n) is 4.89. The van der Waals surface area contributed by atoms with Gasteiger partial charge < -0.3 is 5.32 Å². The molecule has 0 unspecified atom stereocenters. The predicted molar refractivity (Wildman–Crippen MR) is 97.0 cm³/mol. The summed E-state index contributed by atoms with van der Waals surface area (Å²) in [5.41, 5.74) is 3.89. The summed E-state index contributed by atoms with van der Waals surface area (Å²) in [6, 6.07) is 15.8. The minimum atomic E-state index is -0.383. The molecule has 0 aliphatic heterocycles. The van der Waals surface area contributed by atoms with Crippen LogP contribution in [-0.2, 0) is 4.79 Å². The number of nitrogens with zero attached hydrogens (tertiary/aromatic N) is 2. The van der Waals surface area contributed by atoms with Gasteiger partial charge in [-0.05, 0) is 43.3 Å². The fraction of sp³-hybridized carbons (Fsp3) is 0.105. The average Bonchev–Trinajstić information content (AvgIpc) is 2.58. The molecule has 0 atom stereocenters. The van der Waals surface area contributed by atoms with Gasteiger partial charge in [-0.1, -0.05) is 48.5 Å².